The first-order valence-electron chi connectivity index (χ1n) is 8.63. The number of benzene rings is 1. The second kappa shape index (κ2) is 6.39. The van der Waals surface area contributed by atoms with Crippen LogP contribution in [-0.2, 0) is 10.2 Å². The molecule has 1 aromatic rings. The Hall–Kier alpha value is -1.38. The van der Waals surface area contributed by atoms with Gasteiger partial charge in [-0.25, -0.2) is 4.39 Å². The van der Waals surface area contributed by atoms with Crippen molar-refractivity contribution in [1.82, 2.24) is 4.90 Å². The zero-order chi connectivity index (χ0) is 15.6. The van der Waals surface area contributed by atoms with Gasteiger partial charge in [0.05, 0.1) is 5.41 Å². The highest BCUT2D eigenvalue weighted by Crippen LogP contribution is 2.43. The maximum absolute atomic E-state index is 13.2. The Labute approximate surface area is 132 Å². The van der Waals surface area contributed by atoms with Crippen molar-refractivity contribution in [2.75, 3.05) is 13.6 Å². The van der Waals surface area contributed by atoms with Gasteiger partial charge < -0.3 is 4.90 Å². The van der Waals surface area contributed by atoms with Gasteiger partial charge in [0.1, 0.15) is 5.82 Å². The van der Waals surface area contributed by atoms with Crippen LogP contribution in [0.3, 0.4) is 0 Å². The van der Waals surface area contributed by atoms with E-state index in [2.05, 4.69) is 0 Å². The van der Waals surface area contributed by atoms with Gasteiger partial charge in [-0.15, -0.1) is 0 Å². The van der Waals surface area contributed by atoms with Crippen LogP contribution >= 0.6 is 0 Å². The zero-order valence-corrected chi connectivity index (χ0v) is 13.5. The Kier molecular flexibility index (Phi) is 4.51. The number of rotatable bonds is 4. The number of halogens is 1. The molecule has 0 N–H and O–H groups in total. The van der Waals surface area contributed by atoms with E-state index in [-0.39, 0.29) is 11.7 Å². The third-order valence-corrected chi connectivity index (χ3v) is 5.62. The molecule has 0 bridgehead atoms. The molecular weight excluding hydrogens is 277 g/mol. The van der Waals surface area contributed by atoms with Crippen LogP contribution in [-0.4, -0.2) is 24.4 Å². The van der Waals surface area contributed by atoms with E-state index in [4.69, 9.17) is 0 Å². The molecular formula is C19H26FNO. The molecule has 2 aliphatic carbocycles. The Morgan fingerprint density at radius 1 is 1.14 bits per heavy atom. The van der Waals surface area contributed by atoms with Crippen molar-refractivity contribution in [3.63, 3.8) is 0 Å². The highest BCUT2D eigenvalue weighted by molar-refractivity contribution is 5.88. The largest absolute Gasteiger partial charge is 0.345 e. The standard InChI is InChI=1S/C19H26FNO/c1-21(14-15-6-2-3-7-15)18(22)19(12-4-5-13-19)16-8-10-17(20)11-9-16/h8-11,15H,2-7,12-14H2,1H3. The van der Waals surface area contributed by atoms with E-state index in [9.17, 15) is 9.18 Å². The Bertz CT molecular complexity index is 513. The fourth-order valence-corrected chi connectivity index (χ4v) is 4.40. The first-order chi connectivity index (χ1) is 10.6. The lowest BCUT2D eigenvalue weighted by Crippen LogP contribution is -2.45. The lowest BCUT2D eigenvalue weighted by molar-refractivity contribution is -0.136. The summed E-state index contributed by atoms with van der Waals surface area (Å²) in [6.07, 6.45) is 9.06. The summed E-state index contributed by atoms with van der Waals surface area (Å²) in [7, 11) is 1.95. The molecule has 0 atom stereocenters. The average Bonchev–Trinajstić information content (AvgIpc) is 3.19. The van der Waals surface area contributed by atoms with Crippen LogP contribution in [0.1, 0.15) is 56.9 Å². The van der Waals surface area contributed by atoms with Crippen molar-refractivity contribution in [2.24, 2.45) is 5.92 Å². The first-order valence-corrected chi connectivity index (χ1v) is 8.63. The maximum Gasteiger partial charge on any atom is 0.232 e. The van der Waals surface area contributed by atoms with Crippen molar-refractivity contribution < 1.29 is 9.18 Å². The van der Waals surface area contributed by atoms with Gasteiger partial charge in [-0.05, 0) is 49.3 Å². The Morgan fingerprint density at radius 3 is 2.32 bits per heavy atom. The van der Waals surface area contributed by atoms with Crippen LogP contribution in [0.5, 0.6) is 0 Å². The van der Waals surface area contributed by atoms with Crippen LogP contribution in [0.2, 0.25) is 0 Å². The summed E-state index contributed by atoms with van der Waals surface area (Å²) in [6, 6.07) is 6.59. The molecule has 3 heteroatoms. The van der Waals surface area contributed by atoms with Crippen LogP contribution < -0.4 is 0 Å². The molecule has 0 aromatic heterocycles. The van der Waals surface area contributed by atoms with Crippen molar-refractivity contribution >= 4 is 5.91 Å². The number of hydrogen-bond acceptors (Lipinski definition) is 1. The third-order valence-electron chi connectivity index (χ3n) is 5.62. The monoisotopic (exact) mass is 303 g/mol. The molecule has 2 aliphatic rings. The molecule has 0 heterocycles. The highest BCUT2D eigenvalue weighted by Gasteiger charge is 2.44. The molecule has 1 amide bonds. The molecule has 2 nitrogen and oxygen atoms in total. The molecule has 0 saturated heterocycles. The Balaban J connectivity index is 1.80. The quantitative estimate of drug-likeness (QED) is 0.812. The second-order valence-corrected chi connectivity index (χ2v) is 7.13. The van der Waals surface area contributed by atoms with Crippen molar-refractivity contribution in [3.05, 3.63) is 35.6 Å². The molecule has 2 fully saturated rings. The molecule has 0 radical (unpaired) electrons. The normalized spacial score (nSPS) is 21.2. The Morgan fingerprint density at radius 2 is 1.73 bits per heavy atom. The number of carbonyl (C=O) groups excluding carboxylic acids is 1. The smallest absolute Gasteiger partial charge is 0.232 e. The van der Waals surface area contributed by atoms with Gasteiger partial charge in [-0.2, -0.15) is 0 Å². The maximum atomic E-state index is 13.2. The first kappa shape index (κ1) is 15.5. The molecule has 0 aliphatic heterocycles. The zero-order valence-electron chi connectivity index (χ0n) is 13.5. The number of carbonyl (C=O) groups is 1. The number of hydrogen-bond donors (Lipinski definition) is 0. The minimum Gasteiger partial charge on any atom is -0.345 e. The summed E-state index contributed by atoms with van der Waals surface area (Å²) in [6.45, 7) is 0.877. The average molecular weight is 303 g/mol. The molecule has 3 rings (SSSR count). The van der Waals surface area contributed by atoms with E-state index in [1.807, 2.05) is 24.1 Å². The van der Waals surface area contributed by atoms with Gasteiger partial charge >= 0.3 is 0 Å². The molecule has 120 valence electrons. The SMILES string of the molecule is CN(CC1CCCC1)C(=O)C1(c2ccc(F)cc2)CCCC1. The van der Waals surface area contributed by atoms with E-state index < -0.39 is 5.41 Å². The minimum atomic E-state index is -0.416. The van der Waals surface area contributed by atoms with E-state index >= 15 is 0 Å². The van der Waals surface area contributed by atoms with E-state index in [1.165, 1.54) is 37.8 Å². The van der Waals surface area contributed by atoms with Crippen LogP contribution in [0.25, 0.3) is 0 Å². The van der Waals surface area contributed by atoms with Crippen molar-refractivity contribution in [1.29, 1.82) is 0 Å². The van der Waals surface area contributed by atoms with Gasteiger partial charge in [0.2, 0.25) is 5.91 Å². The summed E-state index contributed by atoms with van der Waals surface area (Å²) >= 11 is 0. The number of nitrogens with zero attached hydrogens (tertiary/aromatic N) is 1. The third kappa shape index (κ3) is 2.90. The second-order valence-electron chi connectivity index (χ2n) is 7.13. The number of amides is 1. The van der Waals surface area contributed by atoms with Crippen LogP contribution in [0.4, 0.5) is 4.39 Å². The lowest BCUT2D eigenvalue weighted by Gasteiger charge is -2.34. The van der Waals surface area contributed by atoms with Gasteiger partial charge in [0.25, 0.3) is 0 Å². The van der Waals surface area contributed by atoms with Crippen molar-refractivity contribution in [3.8, 4) is 0 Å². The molecule has 0 unspecified atom stereocenters. The molecule has 2 saturated carbocycles. The number of likely N-dealkylation sites (N-methyl/N-ethyl adjacent to an activating group) is 1. The fourth-order valence-electron chi connectivity index (χ4n) is 4.40. The predicted molar refractivity (Wildman–Crippen MR) is 86.1 cm³/mol. The van der Waals surface area contributed by atoms with E-state index in [0.29, 0.717) is 5.92 Å². The van der Waals surface area contributed by atoms with E-state index in [1.54, 1.807) is 0 Å². The van der Waals surface area contributed by atoms with Crippen LogP contribution in [0.15, 0.2) is 24.3 Å². The summed E-state index contributed by atoms with van der Waals surface area (Å²) in [5, 5.41) is 0. The summed E-state index contributed by atoms with van der Waals surface area (Å²) in [4.78, 5) is 15.1. The molecule has 0 spiro atoms. The minimum absolute atomic E-state index is 0.233. The molecule has 22 heavy (non-hydrogen) atoms. The van der Waals surface area contributed by atoms with Gasteiger partial charge in [0, 0.05) is 13.6 Å². The van der Waals surface area contributed by atoms with Gasteiger partial charge in [-0.1, -0.05) is 37.8 Å². The highest BCUT2D eigenvalue weighted by atomic mass is 19.1. The summed E-state index contributed by atoms with van der Waals surface area (Å²) in [5.41, 5.74) is 0.579. The van der Waals surface area contributed by atoms with Gasteiger partial charge in [0.15, 0.2) is 0 Å². The fraction of sp³-hybridized carbons (Fsp3) is 0.632. The van der Waals surface area contributed by atoms with Gasteiger partial charge in [-0.3, -0.25) is 4.79 Å². The van der Waals surface area contributed by atoms with E-state index in [0.717, 1.165) is 37.8 Å². The van der Waals surface area contributed by atoms with Crippen molar-refractivity contribution in [2.45, 2.75) is 56.8 Å². The topological polar surface area (TPSA) is 20.3 Å². The summed E-state index contributed by atoms with van der Waals surface area (Å²) < 4.78 is 13.2. The summed E-state index contributed by atoms with van der Waals surface area (Å²) in [5.74, 6) is 0.674. The molecule has 1 aromatic carbocycles. The van der Waals surface area contributed by atoms with Crippen LogP contribution in [0, 0.1) is 11.7 Å². The lowest BCUT2D eigenvalue weighted by atomic mass is 9.77. The predicted octanol–water partition coefficient (Wildman–Crippen LogP) is 4.29.